The first kappa shape index (κ1) is 13.9. The number of halogens is 1. The summed E-state index contributed by atoms with van der Waals surface area (Å²) >= 11 is 11.7. The summed E-state index contributed by atoms with van der Waals surface area (Å²) in [5, 5.41) is 0. The first-order valence-corrected chi connectivity index (χ1v) is 7.64. The Morgan fingerprint density at radius 1 is 1.56 bits per heavy atom. The van der Waals surface area contributed by atoms with Crippen molar-refractivity contribution in [2.45, 2.75) is 6.42 Å². The van der Waals surface area contributed by atoms with E-state index < -0.39 is 10.0 Å². The zero-order valence-corrected chi connectivity index (χ0v) is 11.5. The van der Waals surface area contributed by atoms with Gasteiger partial charge in [0.1, 0.15) is 5.75 Å². The summed E-state index contributed by atoms with van der Waals surface area (Å²) in [6, 6.07) is 3.65. The highest BCUT2D eigenvalue weighted by Crippen LogP contribution is 2.21. The topological polar surface area (TPSA) is 72.2 Å². The molecule has 0 bridgehead atoms. The second kappa shape index (κ2) is 5.92. The van der Waals surface area contributed by atoms with E-state index in [1.54, 1.807) is 6.07 Å². The fourth-order valence-electron chi connectivity index (χ4n) is 1.05. The lowest BCUT2D eigenvalue weighted by Gasteiger charge is -2.04. The Bertz CT molecular complexity index is 469. The van der Waals surface area contributed by atoms with E-state index in [0.717, 1.165) is 4.88 Å². The lowest BCUT2D eigenvalue weighted by Crippen LogP contribution is -2.33. The summed E-state index contributed by atoms with van der Waals surface area (Å²) in [6.45, 7) is 0.321. The zero-order chi connectivity index (χ0) is 12.2. The van der Waals surface area contributed by atoms with Crippen LogP contribution in [0.2, 0.25) is 4.34 Å². The Kier molecular flexibility index (Phi) is 5.13. The zero-order valence-electron chi connectivity index (χ0n) is 8.27. The molecule has 0 aromatic carbocycles. The van der Waals surface area contributed by atoms with Crippen LogP contribution in [-0.4, -0.2) is 25.7 Å². The summed E-state index contributed by atoms with van der Waals surface area (Å²) in [5.74, 6) is -0.312. The van der Waals surface area contributed by atoms with Gasteiger partial charge in [-0.25, -0.2) is 13.1 Å². The Morgan fingerprint density at radius 3 is 2.75 bits per heavy atom. The van der Waals surface area contributed by atoms with Crippen molar-refractivity contribution in [3.63, 3.8) is 0 Å². The van der Waals surface area contributed by atoms with Crippen molar-refractivity contribution in [2.24, 2.45) is 5.73 Å². The molecule has 0 aliphatic rings. The highest BCUT2D eigenvalue weighted by Gasteiger charge is 2.10. The molecule has 16 heavy (non-hydrogen) atoms. The molecule has 0 aliphatic carbocycles. The van der Waals surface area contributed by atoms with Gasteiger partial charge < -0.3 is 5.73 Å². The average molecular weight is 299 g/mol. The molecule has 0 radical (unpaired) electrons. The average Bonchev–Trinajstić information content (AvgIpc) is 2.48. The maximum atomic E-state index is 11.3. The Morgan fingerprint density at radius 2 is 2.25 bits per heavy atom. The second-order valence-electron chi connectivity index (χ2n) is 3.08. The largest absolute Gasteiger partial charge is 0.392 e. The van der Waals surface area contributed by atoms with Gasteiger partial charge in [-0.15, -0.1) is 11.3 Å². The molecule has 0 spiro atoms. The van der Waals surface area contributed by atoms with Gasteiger partial charge in [0.05, 0.1) is 9.32 Å². The number of nitrogens with two attached hydrogens (primary N) is 1. The highest BCUT2D eigenvalue weighted by atomic mass is 35.5. The van der Waals surface area contributed by atoms with Gasteiger partial charge in [-0.05, 0) is 18.6 Å². The van der Waals surface area contributed by atoms with Crippen LogP contribution in [-0.2, 0) is 16.4 Å². The van der Waals surface area contributed by atoms with Gasteiger partial charge in [-0.1, -0.05) is 23.8 Å². The van der Waals surface area contributed by atoms with Crippen molar-refractivity contribution < 1.29 is 8.42 Å². The van der Waals surface area contributed by atoms with Crippen LogP contribution in [0.25, 0.3) is 0 Å². The minimum Gasteiger partial charge on any atom is -0.392 e. The van der Waals surface area contributed by atoms with Crippen LogP contribution in [0.15, 0.2) is 12.1 Å². The number of rotatable bonds is 6. The summed E-state index contributed by atoms with van der Waals surface area (Å²) < 4.78 is 25.8. The number of nitrogens with one attached hydrogen (secondary N) is 1. The van der Waals surface area contributed by atoms with Crippen molar-refractivity contribution in [1.82, 2.24) is 4.72 Å². The van der Waals surface area contributed by atoms with Crippen LogP contribution in [0.3, 0.4) is 0 Å². The monoisotopic (exact) mass is 298 g/mol. The lowest BCUT2D eigenvalue weighted by molar-refractivity contribution is 0.586. The Hall–Kier alpha value is -0.210. The van der Waals surface area contributed by atoms with Crippen LogP contribution in [0, 0.1) is 0 Å². The standard InChI is InChI=1S/C8H11ClN2O2S3/c9-7-2-1-6(15-7)3-4-11-16(12,13)5-8(10)14/h1-2,11H,3-5H2,(H2,10,14). The molecule has 0 fully saturated rings. The van der Waals surface area contributed by atoms with Gasteiger partial charge in [0.25, 0.3) is 0 Å². The third kappa shape index (κ3) is 5.22. The van der Waals surface area contributed by atoms with E-state index >= 15 is 0 Å². The van der Waals surface area contributed by atoms with Crippen molar-refractivity contribution in [2.75, 3.05) is 12.3 Å². The Labute approximate surface area is 109 Å². The third-order valence-corrected chi connectivity index (χ3v) is 4.61. The van der Waals surface area contributed by atoms with Crippen molar-refractivity contribution in [1.29, 1.82) is 0 Å². The molecule has 3 N–H and O–H groups in total. The predicted octanol–water partition coefficient (Wildman–Crippen LogP) is 1.15. The van der Waals surface area contributed by atoms with E-state index in [4.69, 9.17) is 17.3 Å². The molecule has 1 rings (SSSR count). The van der Waals surface area contributed by atoms with E-state index in [9.17, 15) is 8.42 Å². The summed E-state index contributed by atoms with van der Waals surface area (Å²) in [5.41, 5.74) is 5.16. The number of sulfonamides is 1. The van der Waals surface area contributed by atoms with Crippen molar-refractivity contribution >= 4 is 50.2 Å². The van der Waals surface area contributed by atoms with Crippen LogP contribution in [0.1, 0.15) is 4.88 Å². The molecule has 90 valence electrons. The molecule has 1 aromatic rings. The van der Waals surface area contributed by atoms with Crippen molar-refractivity contribution in [3.05, 3.63) is 21.3 Å². The molecule has 0 saturated heterocycles. The molecule has 8 heteroatoms. The van der Waals surface area contributed by atoms with Crippen LogP contribution in [0.5, 0.6) is 0 Å². The number of thiophene rings is 1. The van der Waals surface area contributed by atoms with Gasteiger partial charge in [0.2, 0.25) is 10.0 Å². The fraction of sp³-hybridized carbons (Fsp3) is 0.375. The van der Waals surface area contributed by atoms with E-state index in [1.807, 2.05) is 6.07 Å². The Balaban J connectivity index is 2.38. The van der Waals surface area contributed by atoms with Gasteiger partial charge >= 0.3 is 0 Å². The predicted molar refractivity (Wildman–Crippen MR) is 71.6 cm³/mol. The quantitative estimate of drug-likeness (QED) is 0.773. The van der Waals surface area contributed by atoms with Crippen molar-refractivity contribution in [3.8, 4) is 0 Å². The van der Waals surface area contributed by atoms with E-state index in [1.165, 1.54) is 11.3 Å². The maximum Gasteiger partial charge on any atom is 0.218 e. The molecule has 0 aliphatic heterocycles. The molecular formula is C8H11ClN2O2S3. The van der Waals surface area contributed by atoms with Crippen LogP contribution in [0.4, 0.5) is 0 Å². The number of hydrogen-bond donors (Lipinski definition) is 2. The molecule has 0 saturated carbocycles. The smallest absolute Gasteiger partial charge is 0.218 e. The minimum absolute atomic E-state index is 0.0355. The minimum atomic E-state index is -3.39. The normalized spacial score (nSPS) is 11.6. The first-order chi connectivity index (χ1) is 7.39. The molecule has 4 nitrogen and oxygen atoms in total. The molecule has 0 amide bonds. The number of hydrogen-bond acceptors (Lipinski definition) is 4. The lowest BCUT2D eigenvalue weighted by atomic mass is 10.3. The van der Waals surface area contributed by atoms with Gasteiger partial charge in [-0.3, -0.25) is 0 Å². The first-order valence-electron chi connectivity index (χ1n) is 4.39. The summed E-state index contributed by atoms with van der Waals surface area (Å²) in [7, 11) is -3.39. The molecule has 1 heterocycles. The maximum absolute atomic E-state index is 11.3. The molecule has 1 aromatic heterocycles. The van der Waals surface area contributed by atoms with Crippen LogP contribution < -0.4 is 10.5 Å². The second-order valence-corrected chi connectivity index (χ2v) is 7.21. The summed E-state index contributed by atoms with van der Waals surface area (Å²) in [4.78, 5) is 0.995. The number of thiocarbonyl (C=S) groups is 1. The van der Waals surface area contributed by atoms with Gasteiger partial charge in [-0.2, -0.15) is 0 Å². The van der Waals surface area contributed by atoms with Gasteiger partial charge in [0, 0.05) is 11.4 Å². The fourth-order valence-corrected chi connectivity index (χ4v) is 3.50. The van der Waals surface area contributed by atoms with Gasteiger partial charge in [0.15, 0.2) is 0 Å². The molecule has 0 atom stereocenters. The third-order valence-electron chi connectivity index (χ3n) is 1.65. The molecular weight excluding hydrogens is 288 g/mol. The van der Waals surface area contributed by atoms with Crippen LogP contribution >= 0.6 is 35.2 Å². The SMILES string of the molecule is NC(=S)CS(=O)(=O)NCCc1ccc(Cl)s1. The van der Waals surface area contributed by atoms with E-state index in [-0.39, 0.29) is 10.7 Å². The van der Waals surface area contributed by atoms with E-state index in [0.29, 0.717) is 17.3 Å². The summed E-state index contributed by atoms with van der Waals surface area (Å²) in [6.07, 6.45) is 0.605. The molecule has 0 unspecified atom stereocenters. The highest BCUT2D eigenvalue weighted by molar-refractivity contribution is 7.92. The van der Waals surface area contributed by atoms with E-state index in [2.05, 4.69) is 16.9 Å².